The monoisotopic (exact) mass is 1080 g/mol. The minimum absolute atomic E-state index is 1.09. The van der Waals surface area contributed by atoms with E-state index in [0.29, 0.717) is 0 Å². The fraction of sp³-hybridized carbons (Fsp3) is 0.0488. The highest BCUT2D eigenvalue weighted by molar-refractivity contribution is 5.86. The number of rotatable bonds is 14. The Kier molecular flexibility index (Phi) is 14.8. The van der Waals surface area contributed by atoms with Crippen LogP contribution in [0.2, 0.25) is 0 Å². The average Bonchev–Trinajstić information content (AvgIpc) is 3.56. The third kappa shape index (κ3) is 11.0. The summed E-state index contributed by atoms with van der Waals surface area (Å²) in [6, 6.07) is 115. The van der Waals surface area contributed by atoms with Crippen molar-refractivity contribution >= 4 is 34.1 Å². The summed E-state index contributed by atoms with van der Waals surface area (Å²) >= 11 is 0. The number of anilines is 6. The van der Waals surface area contributed by atoms with Gasteiger partial charge in [0.15, 0.2) is 0 Å². The summed E-state index contributed by atoms with van der Waals surface area (Å²) in [5.74, 6) is 0. The molecule has 0 saturated carbocycles. The van der Waals surface area contributed by atoms with Gasteiger partial charge in [0, 0.05) is 34.1 Å². The van der Waals surface area contributed by atoms with E-state index in [4.69, 9.17) is 0 Å². The number of benzene rings is 13. The summed E-state index contributed by atoms with van der Waals surface area (Å²) in [6.45, 7) is 8.91. The molecule has 13 rings (SSSR count). The Morgan fingerprint density at radius 1 is 0.155 bits per heavy atom. The number of hydrogen-bond donors (Lipinski definition) is 0. The summed E-state index contributed by atoms with van der Waals surface area (Å²) < 4.78 is 0. The van der Waals surface area contributed by atoms with E-state index in [1.165, 1.54) is 111 Å². The molecule has 0 aliphatic carbocycles. The molecule has 0 fully saturated rings. The second-order valence-corrected chi connectivity index (χ2v) is 22.0. The van der Waals surface area contributed by atoms with Crippen LogP contribution >= 0.6 is 0 Å². The Morgan fingerprint density at radius 3 is 0.560 bits per heavy atom. The largest absolute Gasteiger partial charge is 0.310 e. The zero-order valence-corrected chi connectivity index (χ0v) is 47.9. The summed E-state index contributed by atoms with van der Waals surface area (Å²) in [6.07, 6.45) is 0. The smallest absolute Gasteiger partial charge is 0.0464 e. The van der Waals surface area contributed by atoms with E-state index in [0.717, 1.165) is 34.1 Å². The highest BCUT2D eigenvalue weighted by atomic mass is 15.1. The van der Waals surface area contributed by atoms with Gasteiger partial charge < -0.3 is 9.80 Å². The van der Waals surface area contributed by atoms with Crippen LogP contribution in [0.3, 0.4) is 0 Å². The van der Waals surface area contributed by atoms with Crippen LogP contribution in [-0.2, 0) is 0 Å². The van der Waals surface area contributed by atoms with Gasteiger partial charge in [0.2, 0.25) is 0 Å². The molecule has 84 heavy (non-hydrogen) atoms. The van der Waals surface area contributed by atoms with Gasteiger partial charge in [-0.2, -0.15) is 0 Å². The Balaban J connectivity index is 0.792. The molecule has 13 aromatic rings. The van der Waals surface area contributed by atoms with Crippen LogP contribution in [0.5, 0.6) is 0 Å². The van der Waals surface area contributed by atoms with Gasteiger partial charge in [0.25, 0.3) is 0 Å². The van der Waals surface area contributed by atoms with Crippen LogP contribution in [0.1, 0.15) is 22.3 Å². The molecule has 2 heteroatoms. The summed E-state index contributed by atoms with van der Waals surface area (Å²) in [4.78, 5) is 4.78. The summed E-state index contributed by atoms with van der Waals surface area (Å²) in [5.41, 5.74) is 30.8. The molecule has 2 nitrogen and oxygen atoms in total. The van der Waals surface area contributed by atoms with Crippen LogP contribution in [0.25, 0.3) is 89.0 Å². The van der Waals surface area contributed by atoms with Crippen LogP contribution in [0.15, 0.2) is 315 Å². The molecule has 0 amide bonds. The molecule has 0 heterocycles. The van der Waals surface area contributed by atoms with Gasteiger partial charge in [-0.25, -0.2) is 0 Å². The first-order chi connectivity index (χ1) is 41.3. The zero-order valence-electron chi connectivity index (χ0n) is 47.9. The standard InChI is InChI=1S/C82H64N2/c1-57-54-76(46-49-79(57)69-21-13-7-14-22-69)84(77-47-50-80(58(2)55-77)70-23-15-8-16-24-70)78-48-52-82(60(4)56-78)72-35-33-71(34-36-72)81-51-45-75(53-59(81)3)83(73-41-37-67(38-42-73)65-29-25-63(26-30-65)61-17-9-5-10-18-61)74-43-39-68(40-44-74)66-31-27-64(28-32-66)62-19-11-6-12-20-62/h5-56H,1-4H3. The molecule has 0 N–H and O–H groups in total. The van der Waals surface area contributed by atoms with E-state index in [-0.39, 0.29) is 0 Å². The number of hydrogen-bond acceptors (Lipinski definition) is 2. The molecular formula is C82H64N2. The van der Waals surface area contributed by atoms with E-state index < -0.39 is 0 Å². The van der Waals surface area contributed by atoms with Crippen molar-refractivity contribution in [1.82, 2.24) is 0 Å². The van der Waals surface area contributed by atoms with Gasteiger partial charge in [-0.05, 0) is 212 Å². The van der Waals surface area contributed by atoms with Crippen LogP contribution in [0, 0.1) is 27.7 Å². The van der Waals surface area contributed by atoms with Crippen molar-refractivity contribution in [2.24, 2.45) is 0 Å². The molecule has 0 saturated heterocycles. The highest BCUT2D eigenvalue weighted by Crippen LogP contribution is 2.43. The van der Waals surface area contributed by atoms with Gasteiger partial charge in [0.1, 0.15) is 0 Å². The maximum atomic E-state index is 2.40. The van der Waals surface area contributed by atoms with E-state index in [9.17, 15) is 0 Å². The molecular weight excluding hydrogens is 1010 g/mol. The SMILES string of the molecule is Cc1cc(N(c2ccc(-c3ccc(-c4ccccc4)cc3)cc2)c2ccc(-c3ccc(-c4ccccc4)cc3)cc2)ccc1-c1ccc(-c2ccc(N(c3ccc(-c4ccccc4)c(C)c3)c3ccc(-c4ccccc4)c(C)c3)cc2C)cc1. The van der Waals surface area contributed by atoms with Crippen molar-refractivity contribution in [2.75, 3.05) is 9.80 Å². The van der Waals surface area contributed by atoms with E-state index >= 15 is 0 Å². The van der Waals surface area contributed by atoms with Crippen molar-refractivity contribution in [3.8, 4) is 89.0 Å². The lowest BCUT2D eigenvalue weighted by Gasteiger charge is -2.28. The predicted octanol–water partition coefficient (Wildman–Crippen LogP) is 23.2. The molecule has 0 aliphatic heterocycles. The zero-order chi connectivity index (χ0) is 56.9. The highest BCUT2D eigenvalue weighted by Gasteiger charge is 2.19. The molecule has 0 aliphatic rings. The van der Waals surface area contributed by atoms with Gasteiger partial charge in [-0.15, -0.1) is 0 Å². The molecule has 0 radical (unpaired) electrons. The quantitative estimate of drug-likeness (QED) is 0.107. The van der Waals surface area contributed by atoms with E-state index in [1.807, 2.05) is 0 Å². The van der Waals surface area contributed by atoms with Gasteiger partial charge in [-0.1, -0.05) is 243 Å². The molecule has 0 unspecified atom stereocenters. The minimum Gasteiger partial charge on any atom is -0.310 e. The fourth-order valence-electron chi connectivity index (χ4n) is 12.0. The van der Waals surface area contributed by atoms with Crippen LogP contribution in [-0.4, -0.2) is 0 Å². The second-order valence-electron chi connectivity index (χ2n) is 22.0. The normalized spacial score (nSPS) is 11.1. The molecule has 0 atom stereocenters. The number of nitrogens with zero attached hydrogens (tertiary/aromatic N) is 2. The van der Waals surface area contributed by atoms with Crippen molar-refractivity contribution < 1.29 is 0 Å². The molecule has 0 spiro atoms. The van der Waals surface area contributed by atoms with Gasteiger partial charge >= 0.3 is 0 Å². The molecule has 13 aromatic carbocycles. The Bertz CT molecular complexity index is 4170. The minimum atomic E-state index is 1.09. The lowest BCUT2D eigenvalue weighted by Crippen LogP contribution is -2.11. The lowest BCUT2D eigenvalue weighted by molar-refractivity contribution is 1.25. The first-order valence-electron chi connectivity index (χ1n) is 29.0. The van der Waals surface area contributed by atoms with E-state index in [1.54, 1.807) is 0 Å². The first kappa shape index (κ1) is 52.8. The fourth-order valence-corrected chi connectivity index (χ4v) is 12.0. The van der Waals surface area contributed by atoms with Crippen LogP contribution < -0.4 is 9.80 Å². The number of aryl methyl sites for hydroxylation is 4. The van der Waals surface area contributed by atoms with Crippen molar-refractivity contribution in [3.63, 3.8) is 0 Å². The lowest BCUT2D eigenvalue weighted by atomic mass is 9.94. The maximum absolute atomic E-state index is 2.40. The van der Waals surface area contributed by atoms with E-state index in [2.05, 4.69) is 353 Å². The van der Waals surface area contributed by atoms with Crippen LogP contribution in [0.4, 0.5) is 34.1 Å². The third-order valence-electron chi connectivity index (χ3n) is 16.5. The predicted molar refractivity (Wildman–Crippen MR) is 358 cm³/mol. The van der Waals surface area contributed by atoms with Crippen molar-refractivity contribution in [1.29, 1.82) is 0 Å². The van der Waals surface area contributed by atoms with Gasteiger partial charge in [0.05, 0.1) is 0 Å². The maximum Gasteiger partial charge on any atom is 0.0464 e. The average molecular weight is 1080 g/mol. The van der Waals surface area contributed by atoms with Crippen molar-refractivity contribution in [2.45, 2.75) is 27.7 Å². The summed E-state index contributed by atoms with van der Waals surface area (Å²) in [5, 5.41) is 0. The molecule has 0 bridgehead atoms. The van der Waals surface area contributed by atoms with Gasteiger partial charge in [-0.3, -0.25) is 0 Å². The van der Waals surface area contributed by atoms with Crippen molar-refractivity contribution in [3.05, 3.63) is 338 Å². The Labute approximate surface area is 495 Å². The topological polar surface area (TPSA) is 6.48 Å². The Morgan fingerprint density at radius 2 is 0.321 bits per heavy atom. The first-order valence-corrected chi connectivity index (χ1v) is 29.0. The third-order valence-corrected chi connectivity index (χ3v) is 16.5. The molecule has 0 aromatic heterocycles. The second kappa shape index (κ2) is 23.5. The summed E-state index contributed by atoms with van der Waals surface area (Å²) in [7, 11) is 0. The Hall–Kier alpha value is -10.5. The molecule has 402 valence electrons.